The van der Waals surface area contributed by atoms with Crippen molar-refractivity contribution in [3.8, 4) is 0 Å². The van der Waals surface area contributed by atoms with E-state index in [2.05, 4.69) is 37.6 Å². The molecule has 0 spiro atoms. The maximum absolute atomic E-state index is 6.20. The number of likely N-dealkylation sites (N-methyl/N-ethyl adjacent to an activating group) is 1. The van der Waals surface area contributed by atoms with Crippen LogP contribution in [0.15, 0.2) is 0 Å². The first-order chi connectivity index (χ1) is 9.84. The molecule has 0 aromatic carbocycles. The fourth-order valence-corrected chi connectivity index (χ4v) is 4.33. The van der Waals surface area contributed by atoms with E-state index in [-0.39, 0.29) is 0 Å². The normalized spacial score (nSPS) is 33.0. The molecule has 1 saturated carbocycles. The van der Waals surface area contributed by atoms with Gasteiger partial charge < -0.3 is 9.64 Å². The second-order valence-electron chi connectivity index (χ2n) is 8.13. The lowest BCUT2D eigenvalue weighted by atomic mass is 9.71. The molecule has 21 heavy (non-hydrogen) atoms. The zero-order valence-electron chi connectivity index (χ0n) is 14.3. The molecular weight excluding hydrogens is 280 g/mol. The van der Waals surface area contributed by atoms with Gasteiger partial charge in [0, 0.05) is 38.0 Å². The topological polar surface area (TPSA) is 15.7 Å². The number of ether oxygens (including phenoxy) is 1. The van der Waals surface area contributed by atoms with Crippen LogP contribution in [0.25, 0.3) is 0 Å². The van der Waals surface area contributed by atoms with Crippen LogP contribution in [0.2, 0.25) is 0 Å². The number of piperazine rings is 1. The molecule has 0 aromatic rings. The summed E-state index contributed by atoms with van der Waals surface area (Å²) in [5, 5.41) is 0.341. The lowest BCUT2D eigenvalue weighted by molar-refractivity contribution is -0.0242. The second-order valence-corrected chi connectivity index (χ2v) is 8.86. The third-order valence-corrected chi connectivity index (χ3v) is 5.25. The van der Waals surface area contributed by atoms with Gasteiger partial charge in [0.15, 0.2) is 0 Å². The molecule has 124 valence electrons. The minimum absolute atomic E-state index is 0.341. The van der Waals surface area contributed by atoms with Crippen molar-refractivity contribution in [2.45, 2.75) is 51.4 Å². The van der Waals surface area contributed by atoms with Crippen LogP contribution < -0.4 is 0 Å². The summed E-state index contributed by atoms with van der Waals surface area (Å²) >= 11 is 4.75. The van der Waals surface area contributed by atoms with E-state index < -0.39 is 0 Å². The lowest BCUT2D eigenvalue weighted by Gasteiger charge is -2.39. The Kier molecular flexibility index (Phi) is 6.42. The average Bonchev–Trinajstić information content (AvgIpc) is 2.37. The second kappa shape index (κ2) is 7.67. The van der Waals surface area contributed by atoms with Crippen molar-refractivity contribution >= 4 is 12.6 Å². The van der Waals surface area contributed by atoms with Crippen LogP contribution in [-0.4, -0.2) is 67.5 Å². The van der Waals surface area contributed by atoms with Gasteiger partial charge in [0.25, 0.3) is 0 Å². The molecular formula is C17H34N2OS. The van der Waals surface area contributed by atoms with Gasteiger partial charge in [-0.1, -0.05) is 20.8 Å². The number of hydrogen-bond donors (Lipinski definition) is 1. The number of rotatable bonds is 5. The van der Waals surface area contributed by atoms with Crippen LogP contribution in [0.4, 0.5) is 0 Å². The molecule has 0 N–H and O–H groups in total. The molecule has 2 rings (SSSR count). The minimum atomic E-state index is 0.341. The summed E-state index contributed by atoms with van der Waals surface area (Å²) in [6, 6.07) is 0. The zero-order chi connectivity index (χ0) is 15.5. The van der Waals surface area contributed by atoms with E-state index >= 15 is 0 Å². The first-order valence-electron chi connectivity index (χ1n) is 8.54. The summed E-state index contributed by atoms with van der Waals surface area (Å²) in [6.07, 6.45) is 4.19. The minimum Gasteiger partial charge on any atom is -0.377 e. The first-order valence-corrected chi connectivity index (χ1v) is 9.06. The Morgan fingerprint density at radius 1 is 1.19 bits per heavy atom. The molecule has 2 fully saturated rings. The quantitative estimate of drug-likeness (QED) is 0.786. The van der Waals surface area contributed by atoms with Crippen molar-refractivity contribution in [1.82, 2.24) is 9.80 Å². The molecule has 1 heterocycles. The van der Waals surface area contributed by atoms with Gasteiger partial charge in [-0.3, -0.25) is 4.90 Å². The molecule has 0 aromatic heterocycles. The van der Waals surface area contributed by atoms with E-state index in [1.54, 1.807) is 0 Å². The number of nitrogens with zero attached hydrogens (tertiary/aromatic N) is 2. The molecule has 0 unspecified atom stereocenters. The predicted molar refractivity (Wildman–Crippen MR) is 93.2 cm³/mol. The van der Waals surface area contributed by atoms with Crippen LogP contribution in [0, 0.1) is 11.3 Å². The van der Waals surface area contributed by atoms with Gasteiger partial charge in [0.1, 0.15) is 0 Å². The first kappa shape index (κ1) is 17.6. The highest BCUT2D eigenvalue weighted by Gasteiger charge is 2.32. The van der Waals surface area contributed by atoms with E-state index in [0.717, 1.165) is 19.1 Å². The van der Waals surface area contributed by atoms with Gasteiger partial charge in [-0.05, 0) is 37.6 Å². The largest absolute Gasteiger partial charge is 0.377 e. The predicted octanol–water partition coefficient (Wildman–Crippen LogP) is 2.76. The molecule has 3 nitrogen and oxygen atoms in total. The summed E-state index contributed by atoms with van der Waals surface area (Å²) in [6.45, 7) is 13.7. The van der Waals surface area contributed by atoms with Gasteiger partial charge in [-0.15, -0.1) is 0 Å². The van der Waals surface area contributed by atoms with E-state index in [1.165, 1.54) is 45.4 Å². The van der Waals surface area contributed by atoms with Gasteiger partial charge in [-0.25, -0.2) is 0 Å². The third kappa shape index (κ3) is 6.09. The van der Waals surface area contributed by atoms with Gasteiger partial charge >= 0.3 is 0 Å². The van der Waals surface area contributed by atoms with E-state index in [1.807, 2.05) is 0 Å². The summed E-state index contributed by atoms with van der Waals surface area (Å²) in [5.41, 5.74) is 0.436. The lowest BCUT2D eigenvalue weighted by Crippen LogP contribution is -2.47. The smallest absolute Gasteiger partial charge is 0.0598 e. The Morgan fingerprint density at radius 2 is 1.86 bits per heavy atom. The van der Waals surface area contributed by atoms with Crippen LogP contribution in [-0.2, 0) is 4.74 Å². The molecule has 3 atom stereocenters. The summed E-state index contributed by atoms with van der Waals surface area (Å²) in [7, 11) is 2.20. The van der Waals surface area contributed by atoms with E-state index in [0.29, 0.717) is 16.8 Å². The molecule has 1 saturated heterocycles. The Labute approximate surface area is 136 Å². The number of thiol groups is 1. The maximum Gasteiger partial charge on any atom is 0.0598 e. The zero-order valence-corrected chi connectivity index (χ0v) is 15.2. The summed E-state index contributed by atoms with van der Waals surface area (Å²) in [5.74, 6) is 0.787. The van der Waals surface area contributed by atoms with Gasteiger partial charge in [0.05, 0.1) is 12.7 Å². The van der Waals surface area contributed by atoms with E-state index in [9.17, 15) is 0 Å². The van der Waals surface area contributed by atoms with Crippen LogP contribution in [0.1, 0.15) is 40.0 Å². The van der Waals surface area contributed by atoms with Crippen molar-refractivity contribution in [2.24, 2.45) is 11.3 Å². The maximum atomic E-state index is 6.20. The SMILES string of the molecule is C[C@H]1C[C@@H](OC[C@H](S)CN2CCN(C)CC2)CC(C)(C)C1. The summed E-state index contributed by atoms with van der Waals surface area (Å²) in [4.78, 5) is 4.92. The molecule has 2 aliphatic rings. The van der Waals surface area contributed by atoms with E-state index in [4.69, 9.17) is 17.4 Å². The van der Waals surface area contributed by atoms with Crippen molar-refractivity contribution in [1.29, 1.82) is 0 Å². The molecule has 0 bridgehead atoms. The average molecular weight is 315 g/mol. The molecule has 1 aliphatic carbocycles. The Morgan fingerprint density at radius 3 is 2.48 bits per heavy atom. The molecule has 4 heteroatoms. The van der Waals surface area contributed by atoms with Gasteiger partial charge in [0.2, 0.25) is 0 Å². The van der Waals surface area contributed by atoms with Crippen molar-refractivity contribution in [2.75, 3.05) is 46.4 Å². The van der Waals surface area contributed by atoms with Crippen molar-refractivity contribution < 1.29 is 4.74 Å². The monoisotopic (exact) mass is 314 g/mol. The third-order valence-electron chi connectivity index (χ3n) is 4.94. The Hall–Kier alpha value is 0.230. The highest BCUT2D eigenvalue weighted by molar-refractivity contribution is 7.81. The summed E-state index contributed by atoms with van der Waals surface area (Å²) < 4.78 is 6.20. The Bertz CT molecular complexity index is 316. The molecule has 1 aliphatic heterocycles. The highest BCUT2D eigenvalue weighted by Crippen LogP contribution is 2.39. The van der Waals surface area contributed by atoms with Crippen LogP contribution in [0.5, 0.6) is 0 Å². The van der Waals surface area contributed by atoms with Crippen LogP contribution in [0.3, 0.4) is 0 Å². The fourth-order valence-electron chi connectivity index (χ4n) is 4.01. The van der Waals surface area contributed by atoms with Gasteiger partial charge in [-0.2, -0.15) is 12.6 Å². The highest BCUT2D eigenvalue weighted by atomic mass is 32.1. The standard InChI is InChI=1S/C17H34N2OS/c1-14-9-15(11-17(2,3)10-14)20-13-16(21)12-19-7-5-18(4)6-8-19/h14-16,21H,5-13H2,1-4H3/t14-,15+,16+/m0/s1. The number of hydrogen-bond acceptors (Lipinski definition) is 4. The Balaban J connectivity index is 1.67. The van der Waals surface area contributed by atoms with Crippen molar-refractivity contribution in [3.05, 3.63) is 0 Å². The molecule has 0 radical (unpaired) electrons. The van der Waals surface area contributed by atoms with Crippen molar-refractivity contribution in [3.63, 3.8) is 0 Å². The van der Waals surface area contributed by atoms with Crippen LogP contribution >= 0.6 is 12.6 Å². The fraction of sp³-hybridized carbons (Fsp3) is 1.00. The molecule has 0 amide bonds.